The van der Waals surface area contributed by atoms with E-state index in [9.17, 15) is 4.79 Å². The van der Waals surface area contributed by atoms with Crippen LogP contribution in [-0.2, 0) is 4.79 Å². The molecule has 0 aromatic heterocycles. The van der Waals surface area contributed by atoms with Crippen molar-refractivity contribution in [2.45, 2.75) is 37.3 Å². The van der Waals surface area contributed by atoms with E-state index in [0.717, 1.165) is 0 Å². The second-order valence-electron chi connectivity index (χ2n) is 5.63. The highest BCUT2D eigenvalue weighted by Gasteiger charge is 2.54. The molecular formula is C12H19N3O. The lowest BCUT2D eigenvalue weighted by Crippen LogP contribution is -2.67. The summed E-state index contributed by atoms with van der Waals surface area (Å²) in [6.45, 7) is 0. The summed E-state index contributed by atoms with van der Waals surface area (Å²) in [7, 11) is 0. The molecular weight excluding hydrogens is 202 g/mol. The summed E-state index contributed by atoms with van der Waals surface area (Å²) in [4.78, 5) is 11.5. The van der Waals surface area contributed by atoms with Gasteiger partial charge in [0, 0.05) is 12.0 Å². The monoisotopic (exact) mass is 221 g/mol. The number of carbonyl (C=O) groups is 1. The molecule has 2 saturated carbocycles. The Balaban J connectivity index is 1.99. The van der Waals surface area contributed by atoms with Crippen LogP contribution >= 0.6 is 0 Å². The molecule has 2 bridgehead atoms. The Bertz CT molecular complexity index is 378. The Morgan fingerprint density at radius 1 is 1.44 bits per heavy atom. The van der Waals surface area contributed by atoms with E-state index in [1.165, 1.54) is 24.8 Å². The van der Waals surface area contributed by atoms with Crippen LogP contribution < -0.4 is 17.2 Å². The number of hydrogen-bond donors (Lipinski definition) is 3. The predicted octanol–water partition coefficient (Wildman–Crippen LogP) is -0.127. The van der Waals surface area contributed by atoms with Gasteiger partial charge in [0.25, 0.3) is 0 Å². The summed E-state index contributed by atoms with van der Waals surface area (Å²) >= 11 is 0. The summed E-state index contributed by atoms with van der Waals surface area (Å²) in [5.41, 5.74) is 18.1. The minimum Gasteiger partial charge on any atom is -0.368 e. The van der Waals surface area contributed by atoms with Gasteiger partial charge in [0.1, 0.15) is 5.54 Å². The molecule has 88 valence electrons. The van der Waals surface area contributed by atoms with Crippen molar-refractivity contribution in [1.82, 2.24) is 0 Å². The van der Waals surface area contributed by atoms with Crippen LogP contribution in [-0.4, -0.2) is 17.5 Å². The van der Waals surface area contributed by atoms with E-state index < -0.39 is 11.4 Å². The minimum atomic E-state index is -1.03. The maximum Gasteiger partial charge on any atom is 0.239 e. The fourth-order valence-electron chi connectivity index (χ4n) is 4.00. The van der Waals surface area contributed by atoms with Gasteiger partial charge in [-0.25, -0.2) is 0 Å². The second kappa shape index (κ2) is 3.08. The lowest BCUT2D eigenvalue weighted by molar-refractivity contribution is -0.124. The first-order valence-corrected chi connectivity index (χ1v) is 6.08. The van der Waals surface area contributed by atoms with Gasteiger partial charge in [-0.2, -0.15) is 0 Å². The lowest BCUT2D eigenvalue weighted by atomic mass is 9.67. The van der Waals surface area contributed by atoms with Gasteiger partial charge in [-0.15, -0.1) is 0 Å². The largest absolute Gasteiger partial charge is 0.368 e. The van der Waals surface area contributed by atoms with Crippen molar-refractivity contribution in [3.05, 3.63) is 11.6 Å². The zero-order valence-electron chi connectivity index (χ0n) is 9.36. The van der Waals surface area contributed by atoms with Crippen LogP contribution in [0.15, 0.2) is 11.6 Å². The fourth-order valence-corrected chi connectivity index (χ4v) is 4.00. The maximum absolute atomic E-state index is 11.5. The van der Waals surface area contributed by atoms with Gasteiger partial charge in [0.15, 0.2) is 0 Å². The molecule has 6 N–H and O–H groups in total. The van der Waals surface area contributed by atoms with Crippen molar-refractivity contribution in [1.29, 1.82) is 0 Å². The molecule has 0 radical (unpaired) electrons. The summed E-state index contributed by atoms with van der Waals surface area (Å²) in [6, 6.07) is -0.291. The fraction of sp³-hybridized carbons (Fsp3) is 0.750. The average molecular weight is 221 g/mol. The number of rotatable bonds is 1. The molecule has 2 fully saturated rings. The number of hydrogen-bond acceptors (Lipinski definition) is 3. The summed E-state index contributed by atoms with van der Waals surface area (Å²) < 4.78 is 0. The van der Waals surface area contributed by atoms with Crippen molar-refractivity contribution in [3.8, 4) is 0 Å². The van der Waals surface area contributed by atoms with E-state index >= 15 is 0 Å². The summed E-state index contributed by atoms with van der Waals surface area (Å²) in [6.07, 6.45) is 6.41. The number of nitrogens with two attached hydrogens (primary N) is 3. The van der Waals surface area contributed by atoms with Crippen molar-refractivity contribution >= 4 is 5.91 Å². The second-order valence-corrected chi connectivity index (χ2v) is 5.63. The molecule has 5 unspecified atom stereocenters. The molecule has 3 rings (SSSR count). The Morgan fingerprint density at radius 3 is 2.88 bits per heavy atom. The third kappa shape index (κ3) is 1.09. The van der Waals surface area contributed by atoms with Gasteiger partial charge in [-0.3, -0.25) is 4.79 Å². The van der Waals surface area contributed by atoms with Crippen molar-refractivity contribution in [3.63, 3.8) is 0 Å². The Labute approximate surface area is 95.2 Å². The average Bonchev–Trinajstić information content (AvgIpc) is 2.83. The van der Waals surface area contributed by atoms with Crippen LogP contribution in [0.5, 0.6) is 0 Å². The molecule has 1 amide bonds. The van der Waals surface area contributed by atoms with E-state index in [1.807, 2.05) is 0 Å². The van der Waals surface area contributed by atoms with Gasteiger partial charge in [0.2, 0.25) is 5.91 Å². The molecule has 0 aliphatic heterocycles. The van der Waals surface area contributed by atoms with E-state index in [1.54, 1.807) is 0 Å². The third-order valence-corrected chi connectivity index (χ3v) is 4.95. The Kier molecular flexibility index (Phi) is 1.98. The molecule has 3 aliphatic rings. The van der Waals surface area contributed by atoms with Crippen LogP contribution in [0.2, 0.25) is 0 Å². The molecule has 0 aromatic carbocycles. The molecule has 4 nitrogen and oxygen atoms in total. The van der Waals surface area contributed by atoms with Gasteiger partial charge in [-0.05, 0) is 37.5 Å². The summed E-state index contributed by atoms with van der Waals surface area (Å²) in [5.74, 6) is 1.19. The van der Waals surface area contributed by atoms with E-state index in [0.29, 0.717) is 24.2 Å². The smallest absolute Gasteiger partial charge is 0.239 e. The maximum atomic E-state index is 11.5. The number of fused-ring (bicyclic) bond motifs is 5. The standard InChI is InChI=1S/C12H19N3O/c13-10-9-7-2-1-6(5-7)8(9)3-4-12(10,15)11(14)16/h3,6-7,9-10H,1-2,4-5,13,15H2,(H2,14,16). The quantitative estimate of drug-likeness (QED) is 0.538. The molecule has 0 saturated heterocycles. The molecule has 16 heavy (non-hydrogen) atoms. The molecule has 0 heterocycles. The highest BCUT2D eigenvalue weighted by Crippen LogP contribution is 2.55. The molecule has 3 aliphatic carbocycles. The topological polar surface area (TPSA) is 95.1 Å². The first-order valence-electron chi connectivity index (χ1n) is 6.08. The van der Waals surface area contributed by atoms with E-state index in [4.69, 9.17) is 17.2 Å². The zero-order valence-corrected chi connectivity index (χ0v) is 9.36. The number of primary amides is 1. The molecule has 0 aromatic rings. The van der Waals surface area contributed by atoms with Crippen molar-refractivity contribution < 1.29 is 4.79 Å². The van der Waals surface area contributed by atoms with Gasteiger partial charge >= 0.3 is 0 Å². The zero-order chi connectivity index (χ0) is 11.5. The van der Waals surface area contributed by atoms with Gasteiger partial charge in [-0.1, -0.05) is 11.6 Å². The number of carbonyl (C=O) groups excluding carboxylic acids is 1. The first kappa shape index (κ1) is 10.3. The first-order chi connectivity index (χ1) is 7.54. The van der Waals surface area contributed by atoms with Crippen LogP contribution in [0, 0.1) is 17.8 Å². The third-order valence-electron chi connectivity index (χ3n) is 4.95. The molecule has 0 spiro atoms. The van der Waals surface area contributed by atoms with Crippen LogP contribution in [0.3, 0.4) is 0 Å². The van der Waals surface area contributed by atoms with E-state index in [2.05, 4.69) is 6.08 Å². The Morgan fingerprint density at radius 2 is 2.19 bits per heavy atom. The van der Waals surface area contributed by atoms with Crippen LogP contribution in [0.25, 0.3) is 0 Å². The SMILES string of the molecule is NC(=O)C1(N)CC=C2C3CCC(C3)C2C1N. The highest BCUT2D eigenvalue weighted by atomic mass is 16.1. The highest BCUT2D eigenvalue weighted by molar-refractivity contribution is 5.86. The van der Waals surface area contributed by atoms with Crippen LogP contribution in [0.4, 0.5) is 0 Å². The number of amides is 1. The van der Waals surface area contributed by atoms with E-state index in [-0.39, 0.29) is 6.04 Å². The Hall–Kier alpha value is -0.870. The predicted molar refractivity (Wildman–Crippen MR) is 61.1 cm³/mol. The molecule has 5 atom stereocenters. The minimum absolute atomic E-state index is 0.291. The molecule has 4 heteroatoms. The lowest BCUT2D eigenvalue weighted by Gasteiger charge is -2.43. The van der Waals surface area contributed by atoms with Gasteiger partial charge < -0.3 is 17.2 Å². The van der Waals surface area contributed by atoms with Crippen molar-refractivity contribution in [2.75, 3.05) is 0 Å². The normalized spacial score (nSPS) is 50.0. The summed E-state index contributed by atoms with van der Waals surface area (Å²) in [5, 5.41) is 0. The van der Waals surface area contributed by atoms with Crippen LogP contribution in [0.1, 0.15) is 25.7 Å². The van der Waals surface area contributed by atoms with Crippen molar-refractivity contribution in [2.24, 2.45) is 35.0 Å². The van der Waals surface area contributed by atoms with Gasteiger partial charge in [0.05, 0.1) is 0 Å².